The van der Waals surface area contributed by atoms with Gasteiger partial charge in [-0.25, -0.2) is 0 Å². The van der Waals surface area contributed by atoms with Crippen molar-refractivity contribution in [3.8, 4) is 0 Å². The van der Waals surface area contributed by atoms with Crippen molar-refractivity contribution in [3.63, 3.8) is 0 Å². The average molecular weight is 264 g/mol. The Morgan fingerprint density at radius 2 is 1.94 bits per heavy atom. The zero-order chi connectivity index (χ0) is 12.5. The lowest BCUT2D eigenvalue weighted by Gasteiger charge is -2.04. The van der Waals surface area contributed by atoms with Crippen LogP contribution in [0.25, 0.3) is 0 Å². The van der Waals surface area contributed by atoms with Crippen LogP contribution in [0.3, 0.4) is 0 Å². The van der Waals surface area contributed by atoms with Gasteiger partial charge in [0.25, 0.3) is 0 Å². The lowest BCUT2D eigenvalue weighted by atomic mass is 10.7. The SMILES string of the molecule is Nc1nc(N)nc(CSc2nncn2C2CC2)n1. The molecule has 1 aliphatic carbocycles. The second kappa shape index (κ2) is 4.41. The molecule has 9 heteroatoms. The lowest BCUT2D eigenvalue weighted by Crippen LogP contribution is -2.06. The maximum Gasteiger partial charge on any atom is 0.225 e. The first-order valence-electron chi connectivity index (χ1n) is 5.50. The molecule has 2 heterocycles. The molecule has 1 aliphatic rings. The van der Waals surface area contributed by atoms with Crippen molar-refractivity contribution in [1.29, 1.82) is 0 Å². The van der Waals surface area contributed by atoms with E-state index in [4.69, 9.17) is 11.5 Å². The van der Waals surface area contributed by atoms with Crippen LogP contribution in [0, 0.1) is 0 Å². The van der Waals surface area contributed by atoms with Gasteiger partial charge < -0.3 is 16.0 Å². The number of nitrogens with two attached hydrogens (primary N) is 2. The van der Waals surface area contributed by atoms with Crippen molar-refractivity contribution >= 4 is 23.7 Å². The Morgan fingerprint density at radius 1 is 1.22 bits per heavy atom. The molecule has 94 valence electrons. The molecule has 0 aliphatic heterocycles. The van der Waals surface area contributed by atoms with E-state index in [2.05, 4.69) is 29.7 Å². The minimum absolute atomic E-state index is 0.141. The Labute approximate surface area is 107 Å². The number of nitrogen functional groups attached to an aromatic ring is 2. The third-order valence-electron chi connectivity index (χ3n) is 2.53. The molecule has 0 unspecified atom stereocenters. The largest absolute Gasteiger partial charge is 0.368 e. The molecule has 2 aromatic rings. The summed E-state index contributed by atoms with van der Waals surface area (Å²) in [6.07, 6.45) is 4.14. The van der Waals surface area contributed by atoms with Crippen LogP contribution in [0.15, 0.2) is 11.5 Å². The van der Waals surface area contributed by atoms with Gasteiger partial charge in [-0.1, -0.05) is 11.8 Å². The third-order valence-corrected chi connectivity index (χ3v) is 3.48. The van der Waals surface area contributed by atoms with Crippen LogP contribution < -0.4 is 11.5 Å². The number of anilines is 2. The van der Waals surface area contributed by atoms with Crippen molar-refractivity contribution in [2.24, 2.45) is 0 Å². The fraction of sp³-hybridized carbons (Fsp3) is 0.444. The van der Waals surface area contributed by atoms with Crippen LogP contribution in [0.1, 0.15) is 24.7 Å². The van der Waals surface area contributed by atoms with E-state index in [0.29, 0.717) is 17.6 Å². The smallest absolute Gasteiger partial charge is 0.225 e. The summed E-state index contributed by atoms with van der Waals surface area (Å²) in [7, 11) is 0. The normalized spacial score (nSPS) is 14.9. The molecule has 0 spiro atoms. The highest BCUT2D eigenvalue weighted by molar-refractivity contribution is 7.98. The molecular weight excluding hydrogens is 252 g/mol. The highest BCUT2D eigenvalue weighted by atomic mass is 32.2. The molecule has 1 fully saturated rings. The number of aromatic nitrogens is 6. The predicted molar refractivity (Wildman–Crippen MR) is 66.5 cm³/mol. The van der Waals surface area contributed by atoms with Crippen LogP contribution >= 0.6 is 11.8 Å². The first kappa shape index (κ1) is 11.2. The summed E-state index contributed by atoms with van der Waals surface area (Å²) < 4.78 is 2.08. The molecule has 2 aromatic heterocycles. The fourth-order valence-electron chi connectivity index (χ4n) is 1.59. The van der Waals surface area contributed by atoms with Crippen molar-refractivity contribution in [2.45, 2.75) is 29.8 Å². The summed E-state index contributed by atoms with van der Waals surface area (Å²) in [5, 5.41) is 8.87. The van der Waals surface area contributed by atoms with E-state index in [-0.39, 0.29) is 11.9 Å². The maximum atomic E-state index is 5.51. The van der Waals surface area contributed by atoms with Crippen LogP contribution in [0.2, 0.25) is 0 Å². The van der Waals surface area contributed by atoms with E-state index in [1.54, 1.807) is 6.33 Å². The molecule has 0 atom stereocenters. The molecule has 18 heavy (non-hydrogen) atoms. The minimum Gasteiger partial charge on any atom is -0.368 e. The van der Waals surface area contributed by atoms with Crippen LogP contribution in [0.4, 0.5) is 11.9 Å². The predicted octanol–water partition coefficient (Wildman–Crippen LogP) is 0.255. The quantitative estimate of drug-likeness (QED) is 0.754. The molecular formula is C9H12N8S. The highest BCUT2D eigenvalue weighted by Crippen LogP contribution is 2.37. The van der Waals surface area contributed by atoms with E-state index in [1.165, 1.54) is 24.6 Å². The fourth-order valence-corrected chi connectivity index (χ4v) is 2.43. The second-order valence-electron chi connectivity index (χ2n) is 4.01. The first-order valence-corrected chi connectivity index (χ1v) is 6.49. The van der Waals surface area contributed by atoms with E-state index in [0.717, 1.165) is 5.16 Å². The van der Waals surface area contributed by atoms with Gasteiger partial charge in [0.2, 0.25) is 11.9 Å². The van der Waals surface area contributed by atoms with E-state index < -0.39 is 0 Å². The van der Waals surface area contributed by atoms with Crippen molar-refractivity contribution in [1.82, 2.24) is 29.7 Å². The summed E-state index contributed by atoms with van der Waals surface area (Å²) in [5.41, 5.74) is 11.0. The molecule has 3 rings (SSSR count). The Hall–Kier alpha value is -1.90. The third kappa shape index (κ3) is 2.35. The molecule has 8 nitrogen and oxygen atoms in total. The van der Waals surface area contributed by atoms with E-state index in [1.807, 2.05) is 0 Å². The van der Waals surface area contributed by atoms with Gasteiger partial charge in [0.1, 0.15) is 12.2 Å². The van der Waals surface area contributed by atoms with Gasteiger partial charge in [-0.3, -0.25) is 0 Å². The van der Waals surface area contributed by atoms with Crippen molar-refractivity contribution < 1.29 is 0 Å². The van der Waals surface area contributed by atoms with E-state index in [9.17, 15) is 0 Å². The zero-order valence-corrected chi connectivity index (χ0v) is 10.3. The summed E-state index contributed by atoms with van der Waals surface area (Å²) in [6, 6.07) is 0.552. The first-order chi connectivity index (χ1) is 8.72. The Morgan fingerprint density at radius 3 is 2.61 bits per heavy atom. The molecule has 0 aromatic carbocycles. The number of thioether (sulfide) groups is 1. The van der Waals surface area contributed by atoms with Gasteiger partial charge in [-0.05, 0) is 12.8 Å². The second-order valence-corrected chi connectivity index (χ2v) is 4.95. The van der Waals surface area contributed by atoms with Gasteiger partial charge in [0.15, 0.2) is 5.16 Å². The molecule has 1 saturated carbocycles. The molecule has 4 N–H and O–H groups in total. The monoisotopic (exact) mass is 264 g/mol. The highest BCUT2D eigenvalue weighted by Gasteiger charge is 2.26. The van der Waals surface area contributed by atoms with Gasteiger partial charge in [-0.15, -0.1) is 10.2 Å². The molecule has 0 radical (unpaired) electrons. The van der Waals surface area contributed by atoms with Gasteiger partial charge in [-0.2, -0.15) is 15.0 Å². The number of hydrogen-bond acceptors (Lipinski definition) is 8. The Kier molecular flexibility index (Phi) is 2.74. The standard InChI is InChI=1S/C9H12N8S/c10-7-13-6(14-8(11)15-7)3-18-9-16-12-4-17(9)5-1-2-5/h4-5H,1-3H2,(H4,10,11,13,14,15). The Bertz CT molecular complexity index is 543. The number of nitrogens with zero attached hydrogens (tertiary/aromatic N) is 6. The number of hydrogen-bond donors (Lipinski definition) is 2. The van der Waals surface area contributed by atoms with Gasteiger partial charge in [0.05, 0.1) is 5.75 Å². The number of rotatable bonds is 4. The topological polar surface area (TPSA) is 121 Å². The molecule has 0 amide bonds. The van der Waals surface area contributed by atoms with Crippen LogP contribution in [0.5, 0.6) is 0 Å². The van der Waals surface area contributed by atoms with Gasteiger partial charge in [0, 0.05) is 6.04 Å². The summed E-state index contributed by atoms with van der Waals surface area (Å²) in [6.45, 7) is 0. The summed E-state index contributed by atoms with van der Waals surface area (Å²) in [5.74, 6) is 1.38. The van der Waals surface area contributed by atoms with Crippen molar-refractivity contribution in [2.75, 3.05) is 11.5 Å². The van der Waals surface area contributed by atoms with E-state index >= 15 is 0 Å². The van der Waals surface area contributed by atoms with Crippen molar-refractivity contribution in [3.05, 3.63) is 12.2 Å². The molecule has 0 bridgehead atoms. The minimum atomic E-state index is 0.141. The molecule has 0 saturated heterocycles. The maximum absolute atomic E-state index is 5.51. The summed E-state index contributed by atoms with van der Waals surface area (Å²) >= 11 is 1.52. The zero-order valence-electron chi connectivity index (χ0n) is 9.52. The van der Waals surface area contributed by atoms with Gasteiger partial charge >= 0.3 is 0 Å². The van der Waals surface area contributed by atoms with Crippen LogP contribution in [-0.4, -0.2) is 29.7 Å². The van der Waals surface area contributed by atoms with Crippen LogP contribution in [-0.2, 0) is 5.75 Å². The Balaban J connectivity index is 1.71. The lowest BCUT2D eigenvalue weighted by molar-refractivity contribution is 0.662. The average Bonchev–Trinajstić information content (AvgIpc) is 3.05. The summed E-state index contributed by atoms with van der Waals surface area (Å²) in [4.78, 5) is 11.8.